The highest BCUT2D eigenvalue weighted by molar-refractivity contribution is 6.77. The predicted molar refractivity (Wildman–Crippen MR) is 228 cm³/mol. The molecule has 0 aromatic heterocycles. The normalized spacial score (nSPS) is 30.4. The molecule has 5 rings (SSSR count). The van der Waals surface area contributed by atoms with Crippen LogP contribution in [0.4, 0.5) is 0 Å². The first kappa shape index (κ1) is 44.7. The molecule has 2 aromatic carbocycles. The van der Waals surface area contributed by atoms with Gasteiger partial charge in [0.15, 0.2) is 14.6 Å². The van der Waals surface area contributed by atoms with Crippen LogP contribution in [-0.2, 0) is 39.1 Å². The van der Waals surface area contributed by atoms with Crippen LogP contribution >= 0.6 is 0 Å². The maximum absolute atomic E-state index is 7.77. The van der Waals surface area contributed by atoms with E-state index in [1.54, 1.807) is 0 Å². The second kappa shape index (κ2) is 19.6. The van der Waals surface area contributed by atoms with Gasteiger partial charge in [-0.05, 0) is 92.7 Å². The van der Waals surface area contributed by atoms with Crippen LogP contribution in [0.25, 0.3) is 0 Å². The van der Waals surface area contributed by atoms with Crippen LogP contribution in [0.3, 0.4) is 0 Å². The molecule has 3 fully saturated rings. The van der Waals surface area contributed by atoms with E-state index in [2.05, 4.69) is 118 Å². The molecular weight excluding hydrogens is 721 g/mol. The Labute approximate surface area is 337 Å². The zero-order valence-corrected chi connectivity index (χ0v) is 38.4. The SMILES string of the molecule is CC(C)[Si](O[C@H](C[C@H]1C[C@H](C)[C@H]([C@H](C)CCOCc2ccccc2)O1)C[C@@H]1O[C@@H]2CO[C@@H](c3ccccc3)O[C@H]2CC[C@@]1(C)O[Si](C)(C)C)(C(C)C)C(C)C. The molecule has 3 heterocycles. The Bertz CT molecular complexity index is 1400. The maximum atomic E-state index is 7.77. The van der Waals surface area contributed by atoms with Crippen LogP contribution < -0.4 is 0 Å². The van der Waals surface area contributed by atoms with E-state index in [1.165, 1.54) is 5.56 Å². The van der Waals surface area contributed by atoms with Crippen molar-refractivity contribution >= 4 is 16.6 Å². The van der Waals surface area contributed by atoms with Gasteiger partial charge in [0.2, 0.25) is 8.32 Å². The van der Waals surface area contributed by atoms with Gasteiger partial charge in [0, 0.05) is 18.6 Å². The largest absolute Gasteiger partial charge is 0.413 e. The third kappa shape index (κ3) is 11.6. The summed E-state index contributed by atoms with van der Waals surface area (Å²) in [5.74, 6) is 0.883. The van der Waals surface area contributed by atoms with Crippen molar-refractivity contribution in [2.45, 2.75) is 192 Å². The van der Waals surface area contributed by atoms with Gasteiger partial charge in [0.25, 0.3) is 0 Å². The lowest BCUT2D eigenvalue weighted by Gasteiger charge is -2.47. The fourth-order valence-electron chi connectivity index (χ4n) is 10.2. The van der Waals surface area contributed by atoms with E-state index in [4.69, 9.17) is 32.5 Å². The Hall–Kier alpha value is -1.41. The average molecular weight is 797 g/mol. The third-order valence-corrected chi connectivity index (χ3v) is 19.9. The number of ether oxygens (including phenoxy) is 5. The first-order valence-corrected chi connectivity index (χ1v) is 27.2. The first-order valence-electron chi connectivity index (χ1n) is 21.6. The summed E-state index contributed by atoms with van der Waals surface area (Å²) in [4.78, 5) is 0. The summed E-state index contributed by atoms with van der Waals surface area (Å²) in [7, 11) is -4.22. The molecule has 7 nitrogen and oxygen atoms in total. The fourth-order valence-corrected chi connectivity index (χ4v) is 17.5. The van der Waals surface area contributed by atoms with Crippen LogP contribution in [0.15, 0.2) is 60.7 Å². The topological polar surface area (TPSA) is 64.6 Å². The van der Waals surface area contributed by atoms with Gasteiger partial charge < -0.3 is 32.5 Å². The molecule has 310 valence electrons. The molecule has 0 unspecified atom stereocenters. The van der Waals surface area contributed by atoms with Gasteiger partial charge >= 0.3 is 0 Å². The van der Waals surface area contributed by atoms with Crippen molar-refractivity contribution in [3.63, 3.8) is 0 Å². The Kier molecular flexibility index (Phi) is 15.9. The van der Waals surface area contributed by atoms with Crippen molar-refractivity contribution in [2.75, 3.05) is 13.2 Å². The summed E-state index contributed by atoms with van der Waals surface area (Å²) in [6.45, 7) is 30.1. The Morgan fingerprint density at radius 1 is 0.800 bits per heavy atom. The molecule has 9 heteroatoms. The van der Waals surface area contributed by atoms with Gasteiger partial charge in [0.05, 0.1) is 49.3 Å². The maximum Gasteiger partial charge on any atom is 0.200 e. The van der Waals surface area contributed by atoms with Crippen LogP contribution in [0.2, 0.25) is 36.3 Å². The molecule has 3 aliphatic rings. The van der Waals surface area contributed by atoms with Crippen molar-refractivity contribution in [2.24, 2.45) is 11.8 Å². The van der Waals surface area contributed by atoms with Crippen molar-refractivity contribution in [3.8, 4) is 0 Å². The first-order chi connectivity index (χ1) is 26.0. The molecule has 3 aliphatic heterocycles. The number of hydrogen-bond donors (Lipinski definition) is 0. The lowest BCUT2D eigenvalue weighted by molar-refractivity contribution is -0.273. The number of rotatable bonds is 18. The van der Waals surface area contributed by atoms with E-state index >= 15 is 0 Å². The molecule has 55 heavy (non-hydrogen) atoms. The van der Waals surface area contributed by atoms with Gasteiger partial charge in [-0.3, -0.25) is 0 Å². The molecule has 10 atom stereocenters. The van der Waals surface area contributed by atoms with E-state index in [0.29, 0.717) is 41.7 Å². The van der Waals surface area contributed by atoms with Crippen LogP contribution in [0.1, 0.15) is 118 Å². The van der Waals surface area contributed by atoms with Gasteiger partial charge in [0.1, 0.15) is 6.10 Å². The number of hydrogen-bond acceptors (Lipinski definition) is 7. The van der Waals surface area contributed by atoms with Crippen molar-refractivity contribution in [1.82, 2.24) is 0 Å². The molecule has 0 amide bonds. The minimum atomic E-state index is -2.25. The Balaban J connectivity index is 1.35. The molecule has 0 saturated carbocycles. The second-order valence-electron chi connectivity index (χ2n) is 19.2. The summed E-state index contributed by atoms with van der Waals surface area (Å²) < 4.78 is 48.4. The Morgan fingerprint density at radius 2 is 1.44 bits per heavy atom. The monoisotopic (exact) mass is 797 g/mol. The van der Waals surface area contributed by atoms with Crippen LogP contribution in [-0.4, -0.2) is 72.1 Å². The zero-order chi connectivity index (χ0) is 40.0. The van der Waals surface area contributed by atoms with Crippen LogP contribution in [0, 0.1) is 11.8 Å². The Morgan fingerprint density at radius 3 is 2.05 bits per heavy atom. The van der Waals surface area contributed by atoms with Gasteiger partial charge in [-0.15, -0.1) is 0 Å². The highest BCUT2D eigenvalue weighted by Crippen LogP contribution is 2.47. The second-order valence-corrected chi connectivity index (χ2v) is 29.1. The molecular formula is C46H76O7Si2. The average Bonchev–Trinajstić information content (AvgIpc) is 3.44. The zero-order valence-electron chi connectivity index (χ0n) is 36.4. The van der Waals surface area contributed by atoms with Crippen molar-refractivity contribution in [3.05, 3.63) is 71.8 Å². The highest BCUT2D eigenvalue weighted by Gasteiger charge is 2.51. The minimum absolute atomic E-state index is 0.0204. The summed E-state index contributed by atoms with van der Waals surface area (Å²) in [6, 6.07) is 20.7. The van der Waals surface area contributed by atoms with Crippen LogP contribution in [0.5, 0.6) is 0 Å². The number of benzene rings is 2. The van der Waals surface area contributed by atoms with Gasteiger partial charge in [-0.25, -0.2) is 0 Å². The van der Waals surface area contributed by atoms with E-state index in [0.717, 1.165) is 50.7 Å². The van der Waals surface area contributed by atoms with Crippen molar-refractivity contribution < 1.29 is 32.5 Å². The molecule has 0 aliphatic carbocycles. The van der Waals surface area contributed by atoms with Gasteiger partial charge in [-0.1, -0.05) is 116 Å². The summed E-state index contributed by atoms with van der Waals surface area (Å²) >= 11 is 0. The smallest absolute Gasteiger partial charge is 0.200 e. The lowest BCUT2D eigenvalue weighted by atomic mass is 9.87. The number of fused-ring (bicyclic) bond motifs is 1. The lowest BCUT2D eigenvalue weighted by Crippen LogP contribution is -2.54. The predicted octanol–water partition coefficient (Wildman–Crippen LogP) is 11.6. The summed E-state index contributed by atoms with van der Waals surface area (Å²) in [6.07, 6.45) is 4.89. The van der Waals surface area contributed by atoms with E-state index in [-0.39, 0.29) is 42.9 Å². The standard InChI is InChI=1S/C46H76O7Si2/c1-32(2)55(33(3)4,34(5)6)52-40(28-39-27-36(8)44(49-39)35(7)24-26-47-30-37-19-15-13-16-20-37)29-43-46(9,53-54(10,11)12)25-23-41-42(50-43)31-48-45(51-41)38-21-17-14-18-22-38/h13-22,32-36,39-45H,23-31H2,1-12H3/t35-,36+,39-,40-,41+,42-,43+,44+,45-,46-/m1/s1. The quantitative estimate of drug-likeness (QED) is 0.110. The molecule has 3 saturated heterocycles. The highest BCUT2D eigenvalue weighted by atomic mass is 28.4. The van der Waals surface area contributed by atoms with E-state index in [9.17, 15) is 0 Å². The van der Waals surface area contributed by atoms with E-state index < -0.39 is 22.2 Å². The molecule has 0 radical (unpaired) electrons. The van der Waals surface area contributed by atoms with Gasteiger partial charge in [-0.2, -0.15) is 0 Å². The molecule has 2 aromatic rings. The molecule has 0 spiro atoms. The van der Waals surface area contributed by atoms with E-state index in [1.807, 2.05) is 24.3 Å². The van der Waals surface area contributed by atoms with Crippen molar-refractivity contribution in [1.29, 1.82) is 0 Å². The minimum Gasteiger partial charge on any atom is -0.413 e. The summed E-state index contributed by atoms with van der Waals surface area (Å²) in [5.41, 5.74) is 3.21. The fraction of sp³-hybridized carbons (Fsp3) is 0.739. The summed E-state index contributed by atoms with van der Waals surface area (Å²) in [5, 5.41) is 0. The third-order valence-electron chi connectivity index (χ3n) is 12.7. The molecule has 0 bridgehead atoms. The molecule has 0 N–H and O–H groups in total.